The Morgan fingerprint density at radius 3 is 2.48 bits per heavy atom. The fraction of sp³-hybridized carbons (Fsp3) is 0.143. The molecule has 0 aliphatic heterocycles. The van der Waals surface area contributed by atoms with E-state index in [1.165, 1.54) is 12.1 Å². The first-order valence-electron chi connectivity index (χ1n) is 8.85. The lowest BCUT2D eigenvalue weighted by atomic mass is 10.2. The van der Waals surface area contributed by atoms with Gasteiger partial charge in [0.1, 0.15) is 0 Å². The SMILES string of the molecule is CCOC(=O)c1nn(-c2ccccc2C)c(=O)cc1NC(=O)c1ccc(Cl)cc1. The third-order valence-electron chi connectivity index (χ3n) is 4.10. The van der Waals surface area contributed by atoms with Gasteiger partial charge in [-0.1, -0.05) is 29.8 Å². The van der Waals surface area contributed by atoms with E-state index in [9.17, 15) is 14.4 Å². The number of ether oxygens (including phenoxy) is 1. The van der Waals surface area contributed by atoms with Gasteiger partial charge < -0.3 is 10.1 Å². The molecule has 7 nitrogen and oxygen atoms in total. The van der Waals surface area contributed by atoms with Crippen molar-refractivity contribution in [1.29, 1.82) is 0 Å². The summed E-state index contributed by atoms with van der Waals surface area (Å²) in [6.45, 7) is 3.60. The van der Waals surface area contributed by atoms with Gasteiger partial charge in [-0.2, -0.15) is 9.78 Å². The Hall–Kier alpha value is -3.45. The Labute approximate surface area is 171 Å². The van der Waals surface area contributed by atoms with Crippen molar-refractivity contribution in [3.8, 4) is 5.69 Å². The minimum absolute atomic E-state index is 0.0294. The molecule has 8 heteroatoms. The van der Waals surface area contributed by atoms with Gasteiger partial charge in [0.05, 0.1) is 18.0 Å². The average molecular weight is 412 g/mol. The standard InChI is InChI=1S/C21H18ClN3O4/c1-3-29-21(28)19-16(23-20(27)14-8-10-15(22)11-9-14)12-18(26)25(24-19)17-7-5-4-6-13(17)2/h4-12H,3H2,1-2H3,(H,23,27). The number of hydrogen-bond acceptors (Lipinski definition) is 5. The summed E-state index contributed by atoms with van der Waals surface area (Å²) in [5.74, 6) is -1.26. The maximum atomic E-state index is 12.7. The minimum Gasteiger partial charge on any atom is -0.461 e. The molecule has 0 aliphatic carbocycles. The summed E-state index contributed by atoms with van der Waals surface area (Å²) >= 11 is 5.84. The summed E-state index contributed by atoms with van der Waals surface area (Å²) in [6, 6.07) is 14.5. The van der Waals surface area contributed by atoms with Crippen LogP contribution in [0.15, 0.2) is 59.4 Å². The van der Waals surface area contributed by atoms with E-state index in [0.29, 0.717) is 16.3 Å². The van der Waals surface area contributed by atoms with Crippen molar-refractivity contribution >= 4 is 29.2 Å². The van der Waals surface area contributed by atoms with Crippen LogP contribution in [0.2, 0.25) is 5.02 Å². The zero-order valence-electron chi connectivity index (χ0n) is 15.8. The number of hydrogen-bond donors (Lipinski definition) is 1. The molecule has 1 N–H and O–H groups in total. The number of nitrogens with zero attached hydrogens (tertiary/aromatic N) is 2. The van der Waals surface area contributed by atoms with Crippen LogP contribution in [0.3, 0.4) is 0 Å². The number of halogens is 1. The normalized spacial score (nSPS) is 10.4. The molecule has 29 heavy (non-hydrogen) atoms. The predicted octanol–water partition coefficient (Wildman–Crippen LogP) is 3.62. The summed E-state index contributed by atoms with van der Waals surface area (Å²) in [4.78, 5) is 37.6. The van der Waals surface area contributed by atoms with Crippen molar-refractivity contribution in [3.63, 3.8) is 0 Å². The number of carbonyl (C=O) groups excluding carboxylic acids is 2. The van der Waals surface area contributed by atoms with E-state index in [4.69, 9.17) is 16.3 Å². The van der Waals surface area contributed by atoms with Crippen LogP contribution in [0.4, 0.5) is 5.69 Å². The highest BCUT2D eigenvalue weighted by atomic mass is 35.5. The molecular weight excluding hydrogens is 394 g/mol. The van der Waals surface area contributed by atoms with E-state index in [0.717, 1.165) is 16.3 Å². The second-order valence-corrected chi connectivity index (χ2v) is 6.56. The number of para-hydroxylation sites is 1. The van der Waals surface area contributed by atoms with Crippen LogP contribution < -0.4 is 10.9 Å². The van der Waals surface area contributed by atoms with Gasteiger partial charge in [-0.15, -0.1) is 0 Å². The van der Waals surface area contributed by atoms with Gasteiger partial charge in [0.15, 0.2) is 5.69 Å². The molecule has 1 amide bonds. The van der Waals surface area contributed by atoms with Crippen LogP contribution >= 0.6 is 11.6 Å². The van der Waals surface area contributed by atoms with Gasteiger partial charge in [-0.25, -0.2) is 4.79 Å². The molecule has 0 spiro atoms. The maximum absolute atomic E-state index is 12.7. The molecule has 3 aromatic rings. The van der Waals surface area contributed by atoms with E-state index < -0.39 is 17.4 Å². The van der Waals surface area contributed by atoms with Crippen molar-refractivity contribution in [2.45, 2.75) is 13.8 Å². The fourth-order valence-corrected chi connectivity index (χ4v) is 2.80. The van der Waals surface area contributed by atoms with Crippen molar-refractivity contribution in [3.05, 3.63) is 86.8 Å². The second kappa shape index (κ2) is 8.70. The summed E-state index contributed by atoms with van der Waals surface area (Å²) in [5, 5.41) is 7.22. The molecule has 1 heterocycles. The number of carbonyl (C=O) groups is 2. The molecule has 0 bridgehead atoms. The molecule has 0 aliphatic rings. The Bertz CT molecular complexity index is 1120. The summed E-state index contributed by atoms with van der Waals surface area (Å²) in [7, 11) is 0. The third kappa shape index (κ3) is 4.52. The number of esters is 1. The lowest BCUT2D eigenvalue weighted by Crippen LogP contribution is -2.27. The molecule has 0 fully saturated rings. The fourth-order valence-electron chi connectivity index (χ4n) is 2.67. The van der Waals surface area contributed by atoms with Gasteiger partial charge in [0, 0.05) is 16.7 Å². The third-order valence-corrected chi connectivity index (χ3v) is 4.35. The van der Waals surface area contributed by atoms with Crippen molar-refractivity contribution in [2.24, 2.45) is 0 Å². The Morgan fingerprint density at radius 1 is 1.14 bits per heavy atom. The van der Waals surface area contributed by atoms with Crippen LogP contribution in [0.5, 0.6) is 0 Å². The van der Waals surface area contributed by atoms with Crippen LogP contribution in [-0.2, 0) is 4.74 Å². The molecule has 0 saturated heterocycles. The summed E-state index contributed by atoms with van der Waals surface area (Å²) in [5.41, 5.74) is 0.940. The Morgan fingerprint density at radius 2 is 1.83 bits per heavy atom. The van der Waals surface area contributed by atoms with E-state index in [1.807, 2.05) is 19.1 Å². The van der Waals surface area contributed by atoms with Gasteiger partial charge in [0.25, 0.3) is 11.5 Å². The Kier molecular flexibility index (Phi) is 6.09. The highest BCUT2D eigenvalue weighted by Crippen LogP contribution is 2.17. The van der Waals surface area contributed by atoms with Gasteiger partial charge in [-0.05, 0) is 49.7 Å². The Balaban J connectivity index is 2.06. The zero-order valence-corrected chi connectivity index (χ0v) is 16.6. The molecule has 0 saturated carbocycles. The van der Waals surface area contributed by atoms with Gasteiger partial charge >= 0.3 is 5.97 Å². The number of amides is 1. The highest BCUT2D eigenvalue weighted by molar-refractivity contribution is 6.30. The highest BCUT2D eigenvalue weighted by Gasteiger charge is 2.21. The molecule has 148 valence electrons. The number of anilines is 1. The lowest BCUT2D eigenvalue weighted by molar-refractivity contribution is 0.0518. The van der Waals surface area contributed by atoms with E-state index in [-0.39, 0.29) is 18.0 Å². The molecule has 0 radical (unpaired) electrons. The van der Waals surface area contributed by atoms with E-state index in [2.05, 4.69) is 10.4 Å². The molecule has 0 unspecified atom stereocenters. The van der Waals surface area contributed by atoms with E-state index >= 15 is 0 Å². The van der Waals surface area contributed by atoms with E-state index in [1.54, 1.807) is 31.2 Å². The van der Waals surface area contributed by atoms with Crippen LogP contribution in [0.1, 0.15) is 33.3 Å². The predicted molar refractivity (Wildman–Crippen MR) is 110 cm³/mol. The monoisotopic (exact) mass is 411 g/mol. The largest absolute Gasteiger partial charge is 0.461 e. The maximum Gasteiger partial charge on any atom is 0.360 e. The first kappa shape index (κ1) is 20.3. The zero-order chi connectivity index (χ0) is 21.0. The summed E-state index contributed by atoms with van der Waals surface area (Å²) in [6.07, 6.45) is 0. The second-order valence-electron chi connectivity index (χ2n) is 6.12. The number of aryl methyl sites for hydroxylation is 1. The topological polar surface area (TPSA) is 90.3 Å². The smallest absolute Gasteiger partial charge is 0.360 e. The number of nitrogens with one attached hydrogen (secondary N) is 1. The van der Waals surface area contributed by atoms with Gasteiger partial charge in [-0.3, -0.25) is 9.59 Å². The number of aromatic nitrogens is 2. The van der Waals surface area contributed by atoms with Crippen molar-refractivity contribution in [2.75, 3.05) is 11.9 Å². The minimum atomic E-state index is -0.749. The quantitative estimate of drug-likeness (QED) is 0.647. The van der Waals surface area contributed by atoms with Gasteiger partial charge in [0.2, 0.25) is 0 Å². The lowest BCUT2D eigenvalue weighted by Gasteiger charge is -2.13. The summed E-state index contributed by atoms with van der Waals surface area (Å²) < 4.78 is 6.16. The number of rotatable bonds is 5. The first-order chi connectivity index (χ1) is 13.9. The number of benzene rings is 2. The van der Waals surface area contributed by atoms with Crippen LogP contribution in [0.25, 0.3) is 5.69 Å². The van der Waals surface area contributed by atoms with Crippen LogP contribution in [0, 0.1) is 6.92 Å². The molecule has 0 atom stereocenters. The molecule has 3 rings (SSSR count). The van der Waals surface area contributed by atoms with Crippen molar-refractivity contribution < 1.29 is 14.3 Å². The van der Waals surface area contributed by atoms with Crippen molar-refractivity contribution in [1.82, 2.24) is 9.78 Å². The average Bonchev–Trinajstić information content (AvgIpc) is 2.69. The van der Waals surface area contributed by atoms with Crippen LogP contribution in [-0.4, -0.2) is 28.3 Å². The first-order valence-corrected chi connectivity index (χ1v) is 9.23. The molecule has 2 aromatic carbocycles. The molecular formula is C21H18ClN3O4. The molecule has 1 aromatic heterocycles.